The number of hydrogen-bond acceptors (Lipinski definition) is 5. The van der Waals surface area contributed by atoms with Crippen molar-refractivity contribution < 1.29 is 30.8 Å². The summed E-state index contributed by atoms with van der Waals surface area (Å²) in [5.41, 5.74) is 1.21. The van der Waals surface area contributed by atoms with E-state index in [1.165, 1.54) is 11.2 Å². The van der Waals surface area contributed by atoms with Gasteiger partial charge in [0.2, 0.25) is 21.8 Å². The molecule has 11 heteroatoms. The summed E-state index contributed by atoms with van der Waals surface area (Å²) in [6.45, 7) is -0.0965. The lowest BCUT2D eigenvalue weighted by Gasteiger charge is -2.34. The minimum absolute atomic E-state index is 0.0269. The first-order valence-corrected chi connectivity index (χ1v) is 11.1. The Bertz CT molecular complexity index is 1240. The molecule has 1 aliphatic rings. The molecule has 1 saturated heterocycles. The van der Waals surface area contributed by atoms with Gasteiger partial charge in [-0.15, -0.1) is 0 Å². The zero-order valence-electron chi connectivity index (χ0n) is 16.7. The van der Waals surface area contributed by atoms with Crippen LogP contribution in [0.25, 0.3) is 11.5 Å². The number of benzene rings is 2. The smallest absolute Gasteiger partial charge is 0.246 e. The molecular formula is C21H18F3N3O4S. The Hall–Kier alpha value is -3.18. The number of carbonyl (C=O) groups is 1. The van der Waals surface area contributed by atoms with Gasteiger partial charge in [0.15, 0.2) is 17.5 Å². The second-order valence-electron chi connectivity index (χ2n) is 7.15. The first kappa shape index (κ1) is 22.0. The Morgan fingerprint density at radius 1 is 0.969 bits per heavy atom. The van der Waals surface area contributed by atoms with Crippen molar-refractivity contribution in [3.8, 4) is 11.5 Å². The molecule has 0 unspecified atom stereocenters. The molecule has 0 N–H and O–H groups in total. The summed E-state index contributed by atoms with van der Waals surface area (Å²) in [6.07, 6.45) is 1.37. The van der Waals surface area contributed by atoms with Gasteiger partial charge in [-0.2, -0.15) is 4.31 Å². The Labute approximate surface area is 182 Å². The fourth-order valence-corrected chi connectivity index (χ4v) is 4.87. The van der Waals surface area contributed by atoms with Gasteiger partial charge >= 0.3 is 0 Å². The van der Waals surface area contributed by atoms with Gasteiger partial charge in [0.05, 0.1) is 12.1 Å². The summed E-state index contributed by atoms with van der Waals surface area (Å²) in [5, 5.41) is 0. The van der Waals surface area contributed by atoms with Crippen LogP contribution in [0.15, 0.2) is 58.0 Å². The molecular weight excluding hydrogens is 447 g/mol. The lowest BCUT2D eigenvalue weighted by molar-refractivity contribution is -0.131. The van der Waals surface area contributed by atoms with Crippen LogP contribution in [0, 0.1) is 17.5 Å². The minimum atomic E-state index is -4.38. The van der Waals surface area contributed by atoms with Crippen molar-refractivity contribution in [1.29, 1.82) is 0 Å². The second-order valence-corrected chi connectivity index (χ2v) is 9.05. The van der Waals surface area contributed by atoms with E-state index < -0.39 is 32.4 Å². The second kappa shape index (κ2) is 8.75. The zero-order chi connectivity index (χ0) is 22.9. The molecule has 168 valence electrons. The van der Waals surface area contributed by atoms with E-state index in [1.54, 1.807) is 0 Å². The monoisotopic (exact) mass is 465 g/mol. The van der Waals surface area contributed by atoms with Crippen molar-refractivity contribution in [2.45, 2.75) is 11.3 Å². The Balaban J connectivity index is 1.39. The lowest BCUT2D eigenvalue weighted by Crippen LogP contribution is -2.51. The zero-order valence-corrected chi connectivity index (χ0v) is 17.5. The first-order chi connectivity index (χ1) is 15.3. The summed E-state index contributed by atoms with van der Waals surface area (Å²) < 4.78 is 72.2. The molecule has 0 atom stereocenters. The van der Waals surface area contributed by atoms with Crippen LogP contribution in [0.1, 0.15) is 5.69 Å². The maximum atomic E-state index is 14.0. The molecule has 1 fully saturated rings. The van der Waals surface area contributed by atoms with E-state index >= 15 is 0 Å². The van der Waals surface area contributed by atoms with Crippen molar-refractivity contribution in [3.63, 3.8) is 0 Å². The number of piperazine rings is 1. The summed E-state index contributed by atoms with van der Waals surface area (Å²) in [4.78, 5) is 17.4. The summed E-state index contributed by atoms with van der Waals surface area (Å²) in [6, 6.07) is 10.4. The third-order valence-electron chi connectivity index (χ3n) is 5.11. The van der Waals surface area contributed by atoms with Crippen LogP contribution in [0.4, 0.5) is 13.2 Å². The number of oxazole rings is 1. The van der Waals surface area contributed by atoms with E-state index in [4.69, 9.17) is 4.42 Å². The lowest BCUT2D eigenvalue weighted by atomic mass is 10.2. The van der Waals surface area contributed by atoms with Crippen molar-refractivity contribution in [1.82, 2.24) is 14.2 Å². The number of rotatable bonds is 5. The van der Waals surface area contributed by atoms with Crippen LogP contribution in [0.3, 0.4) is 0 Å². The van der Waals surface area contributed by atoms with Gasteiger partial charge in [0.25, 0.3) is 0 Å². The molecule has 1 amide bonds. The minimum Gasteiger partial charge on any atom is -0.444 e. The number of carbonyl (C=O) groups excluding carboxylic acids is 1. The Kier molecular flexibility index (Phi) is 6.02. The molecule has 2 aromatic carbocycles. The van der Waals surface area contributed by atoms with Crippen LogP contribution < -0.4 is 0 Å². The first-order valence-electron chi connectivity index (χ1n) is 9.68. The van der Waals surface area contributed by atoms with Gasteiger partial charge in [-0.05, 0) is 24.3 Å². The van der Waals surface area contributed by atoms with Gasteiger partial charge in [0, 0.05) is 31.7 Å². The molecule has 4 rings (SSSR count). The fraction of sp³-hybridized carbons (Fsp3) is 0.238. The van der Waals surface area contributed by atoms with Crippen molar-refractivity contribution in [3.05, 3.63) is 71.9 Å². The van der Waals surface area contributed by atoms with Crippen LogP contribution in [0.5, 0.6) is 0 Å². The molecule has 0 bridgehead atoms. The number of halogens is 3. The number of nitrogens with zero attached hydrogens (tertiary/aromatic N) is 3. The summed E-state index contributed by atoms with van der Waals surface area (Å²) in [7, 11) is -4.38. The molecule has 1 aliphatic heterocycles. The SMILES string of the molecule is O=C(Cc1coc(-c2ccccc2)n1)N1CCN(S(=O)(=O)c2ccc(F)c(F)c2F)CC1. The molecule has 0 aliphatic carbocycles. The molecule has 1 aromatic heterocycles. The van der Waals surface area contributed by atoms with E-state index in [1.807, 2.05) is 30.3 Å². The third-order valence-corrected chi connectivity index (χ3v) is 7.03. The van der Waals surface area contributed by atoms with Gasteiger partial charge in [-0.3, -0.25) is 4.79 Å². The van der Waals surface area contributed by atoms with Crippen molar-refractivity contribution in [2.75, 3.05) is 26.2 Å². The number of amides is 1. The highest BCUT2D eigenvalue weighted by molar-refractivity contribution is 7.89. The highest BCUT2D eigenvalue weighted by atomic mass is 32.2. The molecule has 0 radical (unpaired) electrons. The summed E-state index contributed by atoms with van der Waals surface area (Å²) >= 11 is 0. The number of sulfonamides is 1. The van der Waals surface area contributed by atoms with E-state index in [0.29, 0.717) is 23.7 Å². The van der Waals surface area contributed by atoms with Crippen LogP contribution in [-0.4, -0.2) is 54.7 Å². The predicted octanol–water partition coefficient (Wildman–Crippen LogP) is 2.83. The average molecular weight is 465 g/mol. The highest BCUT2D eigenvalue weighted by Gasteiger charge is 2.33. The van der Waals surface area contributed by atoms with Crippen molar-refractivity contribution >= 4 is 15.9 Å². The number of hydrogen-bond donors (Lipinski definition) is 0. The fourth-order valence-electron chi connectivity index (χ4n) is 3.39. The van der Waals surface area contributed by atoms with Crippen LogP contribution in [-0.2, 0) is 21.2 Å². The normalized spacial score (nSPS) is 15.2. The van der Waals surface area contributed by atoms with E-state index in [2.05, 4.69) is 4.98 Å². The maximum Gasteiger partial charge on any atom is 0.246 e. The van der Waals surface area contributed by atoms with E-state index in [0.717, 1.165) is 9.87 Å². The largest absolute Gasteiger partial charge is 0.444 e. The summed E-state index contributed by atoms with van der Waals surface area (Å²) in [5.74, 6) is -4.96. The Morgan fingerprint density at radius 2 is 1.66 bits per heavy atom. The van der Waals surface area contributed by atoms with Crippen molar-refractivity contribution in [2.24, 2.45) is 0 Å². The molecule has 2 heterocycles. The van der Waals surface area contributed by atoms with Crippen LogP contribution in [0.2, 0.25) is 0 Å². The number of aromatic nitrogens is 1. The maximum absolute atomic E-state index is 14.0. The molecule has 0 saturated carbocycles. The topological polar surface area (TPSA) is 83.7 Å². The van der Waals surface area contributed by atoms with E-state index in [9.17, 15) is 26.4 Å². The quantitative estimate of drug-likeness (QED) is 0.541. The van der Waals surface area contributed by atoms with E-state index in [-0.39, 0.29) is 38.5 Å². The molecule has 7 nitrogen and oxygen atoms in total. The molecule has 3 aromatic rings. The molecule has 32 heavy (non-hydrogen) atoms. The van der Waals surface area contributed by atoms with Crippen LogP contribution >= 0.6 is 0 Å². The van der Waals surface area contributed by atoms with Gasteiger partial charge in [-0.25, -0.2) is 26.6 Å². The Morgan fingerprint density at radius 3 is 2.34 bits per heavy atom. The molecule has 0 spiro atoms. The average Bonchev–Trinajstić information content (AvgIpc) is 3.26. The van der Waals surface area contributed by atoms with Gasteiger partial charge < -0.3 is 9.32 Å². The van der Waals surface area contributed by atoms with Gasteiger partial charge in [0.1, 0.15) is 11.2 Å². The van der Waals surface area contributed by atoms with Gasteiger partial charge in [-0.1, -0.05) is 18.2 Å². The third kappa shape index (κ3) is 4.26. The predicted molar refractivity (Wildman–Crippen MR) is 107 cm³/mol. The standard InChI is InChI=1S/C21H18F3N3O4S/c22-16-6-7-17(20(24)19(16)23)32(29,30)27-10-8-26(9-11-27)18(28)12-15-13-31-21(25-15)14-4-2-1-3-5-14/h1-7,13H,8-12H2. The highest BCUT2D eigenvalue weighted by Crippen LogP contribution is 2.24.